The van der Waals surface area contributed by atoms with E-state index in [1.807, 2.05) is 36.4 Å². The van der Waals surface area contributed by atoms with Crippen molar-refractivity contribution in [1.29, 1.82) is 5.26 Å². The minimum atomic E-state index is 0.354. The topological polar surface area (TPSA) is 27.0 Å². The Bertz CT molecular complexity index is 1170. The molecule has 168 valence electrons. The first-order valence-electron chi connectivity index (χ1n) is 11.4. The van der Waals surface area contributed by atoms with Gasteiger partial charge in [0, 0.05) is 34.7 Å². The largest absolute Gasteiger partial charge is 0.298 e. The van der Waals surface area contributed by atoms with E-state index in [0.29, 0.717) is 34.3 Å². The zero-order valence-corrected chi connectivity index (χ0v) is 20.5. The fourth-order valence-electron chi connectivity index (χ4n) is 5.96. The Hall–Kier alpha value is -2.02. The summed E-state index contributed by atoms with van der Waals surface area (Å²) in [6.45, 7) is 3.08. The SMILES string of the molecule is N#Cc1ccc(CN2CC3CCC(c4ccc(Cl)cc4Cl)C(c4ccc(Cl)cc4)C3C2)cc1. The number of hydrogen-bond donors (Lipinski definition) is 0. The average molecular weight is 496 g/mol. The summed E-state index contributed by atoms with van der Waals surface area (Å²) in [5, 5.41) is 11.3. The molecule has 1 aliphatic heterocycles. The van der Waals surface area contributed by atoms with Gasteiger partial charge >= 0.3 is 0 Å². The molecule has 1 aliphatic carbocycles. The normalized spacial score (nSPS) is 24.9. The van der Waals surface area contributed by atoms with Crippen LogP contribution in [0.15, 0.2) is 66.7 Å². The van der Waals surface area contributed by atoms with E-state index in [4.69, 9.17) is 40.1 Å². The molecule has 5 heteroatoms. The van der Waals surface area contributed by atoms with Gasteiger partial charge in [0.25, 0.3) is 0 Å². The van der Waals surface area contributed by atoms with Crippen molar-refractivity contribution in [2.75, 3.05) is 13.1 Å². The van der Waals surface area contributed by atoms with Crippen LogP contribution >= 0.6 is 34.8 Å². The smallest absolute Gasteiger partial charge is 0.0991 e. The van der Waals surface area contributed by atoms with Gasteiger partial charge in [0.15, 0.2) is 0 Å². The maximum absolute atomic E-state index is 9.08. The lowest BCUT2D eigenvalue weighted by Gasteiger charge is -2.41. The summed E-state index contributed by atoms with van der Waals surface area (Å²) in [4.78, 5) is 2.57. The molecule has 2 nitrogen and oxygen atoms in total. The van der Waals surface area contributed by atoms with Crippen LogP contribution in [0.2, 0.25) is 15.1 Å². The fourth-order valence-corrected chi connectivity index (χ4v) is 6.63. The van der Waals surface area contributed by atoms with Gasteiger partial charge in [-0.15, -0.1) is 0 Å². The maximum Gasteiger partial charge on any atom is 0.0991 e. The standard InChI is InChI=1S/C28H25Cl3N2/c29-22-8-5-20(6-9-22)28-25(24-12-10-23(30)13-27(24)31)11-7-21-16-33(17-26(21)28)15-19-3-1-18(14-32)2-4-19/h1-6,8-10,12-13,21,25-26,28H,7,11,15-17H2. The molecule has 5 rings (SSSR count). The van der Waals surface area contributed by atoms with Crippen molar-refractivity contribution in [3.8, 4) is 6.07 Å². The van der Waals surface area contributed by atoms with Gasteiger partial charge in [0.2, 0.25) is 0 Å². The molecule has 4 atom stereocenters. The number of benzene rings is 3. The molecule has 1 saturated carbocycles. The first kappa shape index (κ1) is 22.8. The Morgan fingerprint density at radius 2 is 1.58 bits per heavy atom. The molecule has 3 aromatic carbocycles. The van der Waals surface area contributed by atoms with Crippen LogP contribution in [0.4, 0.5) is 0 Å². The number of likely N-dealkylation sites (tertiary alicyclic amines) is 1. The number of fused-ring (bicyclic) bond motifs is 1. The van der Waals surface area contributed by atoms with Crippen LogP contribution < -0.4 is 0 Å². The van der Waals surface area contributed by atoms with E-state index in [0.717, 1.165) is 36.1 Å². The summed E-state index contributed by atoms with van der Waals surface area (Å²) < 4.78 is 0. The van der Waals surface area contributed by atoms with Gasteiger partial charge < -0.3 is 0 Å². The molecular formula is C28H25Cl3N2. The van der Waals surface area contributed by atoms with E-state index in [1.54, 1.807) is 0 Å². The summed E-state index contributed by atoms with van der Waals surface area (Å²) in [6, 6.07) is 24.5. The molecule has 0 bridgehead atoms. The van der Waals surface area contributed by atoms with Gasteiger partial charge in [0.1, 0.15) is 0 Å². The van der Waals surface area contributed by atoms with Gasteiger partial charge in [-0.3, -0.25) is 4.90 Å². The summed E-state index contributed by atoms with van der Waals surface area (Å²) in [7, 11) is 0. The van der Waals surface area contributed by atoms with Crippen LogP contribution in [0.1, 0.15) is 46.9 Å². The highest BCUT2D eigenvalue weighted by Crippen LogP contribution is 2.53. The Morgan fingerprint density at radius 3 is 2.27 bits per heavy atom. The molecule has 2 fully saturated rings. The summed E-state index contributed by atoms with van der Waals surface area (Å²) in [5.74, 6) is 1.94. The first-order valence-corrected chi connectivity index (χ1v) is 12.6. The molecule has 0 spiro atoms. The molecule has 0 amide bonds. The van der Waals surface area contributed by atoms with Gasteiger partial charge in [-0.25, -0.2) is 0 Å². The van der Waals surface area contributed by atoms with Crippen molar-refractivity contribution in [2.45, 2.75) is 31.2 Å². The minimum Gasteiger partial charge on any atom is -0.298 e. The van der Waals surface area contributed by atoms with Crippen molar-refractivity contribution < 1.29 is 0 Å². The molecular weight excluding hydrogens is 471 g/mol. The van der Waals surface area contributed by atoms with E-state index in [9.17, 15) is 0 Å². The van der Waals surface area contributed by atoms with Crippen LogP contribution in [0, 0.1) is 23.2 Å². The van der Waals surface area contributed by atoms with Crippen molar-refractivity contribution in [3.05, 3.63) is 104 Å². The zero-order chi connectivity index (χ0) is 22.9. The van der Waals surface area contributed by atoms with Gasteiger partial charge in [-0.05, 0) is 89.6 Å². The highest BCUT2D eigenvalue weighted by molar-refractivity contribution is 6.35. The highest BCUT2D eigenvalue weighted by atomic mass is 35.5. The third-order valence-electron chi connectivity index (χ3n) is 7.42. The van der Waals surface area contributed by atoms with Crippen LogP contribution in [-0.4, -0.2) is 18.0 Å². The summed E-state index contributed by atoms with van der Waals surface area (Å²) in [5.41, 5.74) is 4.50. The van der Waals surface area contributed by atoms with Crippen LogP contribution in [0.5, 0.6) is 0 Å². The Morgan fingerprint density at radius 1 is 0.848 bits per heavy atom. The second-order valence-electron chi connectivity index (χ2n) is 9.35. The van der Waals surface area contributed by atoms with Crippen LogP contribution in [0.25, 0.3) is 0 Å². The van der Waals surface area contributed by atoms with Gasteiger partial charge in [-0.1, -0.05) is 65.1 Å². The molecule has 33 heavy (non-hydrogen) atoms. The number of halogens is 3. The Labute approximate surface area is 210 Å². The molecule has 0 N–H and O–H groups in total. The summed E-state index contributed by atoms with van der Waals surface area (Å²) >= 11 is 19.1. The van der Waals surface area contributed by atoms with Crippen molar-refractivity contribution in [2.24, 2.45) is 11.8 Å². The predicted octanol–water partition coefficient (Wildman–Crippen LogP) is 7.93. The van der Waals surface area contributed by atoms with Crippen LogP contribution in [0.3, 0.4) is 0 Å². The van der Waals surface area contributed by atoms with Gasteiger partial charge in [0.05, 0.1) is 11.6 Å². The average Bonchev–Trinajstić information content (AvgIpc) is 3.22. The predicted molar refractivity (Wildman–Crippen MR) is 136 cm³/mol. The number of rotatable bonds is 4. The third kappa shape index (κ3) is 4.79. The first-order chi connectivity index (χ1) is 16.0. The highest BCUT2D eigenvalue weighted by Gasteiger charge is 2.45. The molecule has 1 heterocycles. The number of nitriles is 1. The minimum absolute atomic E-state index is 0.354. The Kier molecular flexibility index (Phi) is 6.68. The fraction of sp³-hybridized carbons (Fsp3) is 0.321. The van der Waals surface area contributed by atoms with E-state index in [2.05, 4.69) is 41.3 Å². The quantitative estimate of drug-likeness (QED) is 0.367. The van der Waals surface area contributed by atoms with E-state index < -0.39 is 0 Å². The monoisotopic (exact) mass is 494 g/mol. The van der Waals surface area contributed by atoms with Crippen molar-refractivity contribution >= 4 is 34.8 Å². The second-order valence-corrected chi connectivity index (χ2v) is 10.6. The van der Waals surface area contributed by atoms with Gasteiger partial charge in [-0.2, -0.15) is 5.26 Å². The molecule has 2 aliphatic rings. The van der Waals surface area contributed by atoms with E-state index in [-0.39, 0.29) is 0 Å². The van der Waals surface area contributed by atoms with E-state index in [1.165, 1.54) is 23.1 Å². The Balaban J connectivity index is 1.44. The summed E-state index contributed by atoms with van der Waals surface area (Å²) in [6.07, 6.45) is 2.31. The lowest BCUT2D eigenvalue weighted by Crippen LogP contribution is -2.31. The van der Waals surface area contributed by atoms with Crippen molar-refractivity contribution in [3.63, 3.8) is 0 Å². The van der Waals surface area contributed by atoms with E-state index >= 15 is 0 Å². The molecule has 1 saturated heterocycles. The lowest BCUT2D eigenvalue weighted by atomic mass is 9.63. The molecule has 4 unspecified atom stereocenters. The molecule has 0 aromatic heterocycles. The number of nitrogens with zero attached hydrogens (tertiary/aromatic N) is 2. The number of hydrogen-bond acceptors (Lipinski definition) is 2. The third-order valence-corrected chi connectivity index (χ3v) is 8.23. The maximum atomic E-state index is 9.08. The molecule has 3 aromatic rings. The second kappa shape index (κ2) is 9.69. The lowest BCUT2D eigenvalue weighted by molar-refractivity contribution is 0.227. The van der Waals surface area contributed by atoms with Crippen molar-refractivity contribution in [1.82, 2.24) is 4.90 Å². The van der Waals surface area contributed by atoms with Crippen LogP contribution in [-0.2, 0) is 6.54 Å². The molecule has 0 radical (unpaired) electrons. The zero-order valence-electron chi connectivity index (χ0n) is 18.2.